The van der Waals surface area contributed by atoms with Crippen LogP contribution in [0.2, 0.25) is 5.02 Å². The van der Waals surface area contributed by atoms with Crippen molar-refractivity contribution in [3.63, 3.8) is 0 Å². The Morgan fingerprint density at radius 2 is 1.58 bits per heavy atom. The van der Waals surface area contributed by atoms with Crippen molar-refractivity contribution in [3.05, 3.63) is 87.8 Å². The molecule has 4 rings (SSSR count). The summed E-state index contributed by atoms with van der Waals surface area (Å²) in [5.41, 5.74) is 1.27. The molecule has 6 nitrogen and oxygen atoms in total. The SMILES string of the molecule is O=C(COC(=O)Cn1c2ccccc2c(=O)c2ccccc21)Nc1ccc(F)cc1Cl. The van der Waals surface area contributed by atoms with Crippen LogP contribution in [0.3, 0.4) is 0 Å². The number of halogens is 2. The van der Waals surface area contributed by atoms with Gasteiger partial charge in [-0.1, -0.05) is 35.9 Å². The molecular formula is C23H16ClFN2O4. The van der Waals surface area contributed by atoms with E-state index in [-0.39, 0.29) is 22.7 Å². The summed E-state index contributed by atoms with van der Waals surface area (Å²) >= 11 is 5.88. The Morgan fingerprint density at radius 1 is 0.968 bits per heavy atom. The van der Waals surface area contributed by atoms with Crippen LogP contribution in [-0.4, -0.2) is 23.1 Å². The van der Waals surface area contributed by atoms with Gasteiger partial charge in [0.2, 0.25) is 0 Å². The van der Waals surface area contributed by atoms with Crippen molar-refractivity contribution < 1.29 is 18.7 Å². The molecule has 0 aliphatic carbocycles. The zero-order valence-corrected chi connectivity index (χ0v) is 16.9. The number of nitrogens with one attached hydrogen (secondary N) is 1. The monoisotopic (exact) mass is 438 g/mol. The van der Waals surface area contributed by atoms with Crippen LogP contribution < -0.4 is 10.7 Å². The fourth-order valence-electron chi connectivity index (χ4n) is 3.35. The Morgan fingerprint density at radius 3 is 2.19 bits per heavy atom. The van der Waals surface area contributed by atoms with Gasteiger partial charge >= 0.3 is 5.97 Å². The number of pyridine rings is 1. The van der Waals surface area contributed by atoms with Crippen LogP contribution in [0.15, 0.2) is 71.5 Å². The fraction of sp³-hybridized carbons (Fsp3) is 0.0870. The highest BCUT2D eigenvalue weighted by molar-refractivity contribution is 6.33. The highest BCUT2D eigenvalue weighted by Crippen LogP contribution is 2.22. The van der Waals surface area contributed by atoms with Gasteiger partial charge in [0.15, 0.2) is 12.0 Å². The summed E-state index contributed by atoms with van der Waals surface area (Å²) in [5.74, 6) is -1.80. The van der Waals surface area contributed by atoms with Gasteiger partial charge in [0.05, 0.1) is 21.7 Å². The molecule has 1 N–H and O–H groups in total. The molecule has 8 heteroatoms. The second kappa shape index (κ2) is 8.57. The molecule has 1 aromatic heterocycles. The molecule has 0 fully saturated rings. The lowest BCUT2D eigenvalue weighted by molar-refractivity contribution is -0.147. The van der Waals surface area contributed by atoms with Crippen molar-refractivity contribution in [2.45, 2.75) is 6.54 Å². The number of para-hydroxylation sites is 2. The fourth-order valence-corrected chi connectivity index (χ4v) is 3.56. The Balaban J connectivity index is 1.53. The Bertz CT molecular complexity index is 1320. The van der Waals surface area contributed by atoms with E-state index in [1.165, 1.54) is 6.07 Å². The van der Waals surface area contributed by atoms with Gasteiger partial charge in [0.1, 0.15) is 12.4 Å². The lowest BCUT2D eigenvalue weighted by atomic mass is 10.1. The maximum Gasteiger partial charge on any atom is 0.326 e. The topological polar surface area (TPSA) is 77.4 Å². The van der Waals surface area contributed by atoms with Crippen molar-refractivity contribution in [2.75, 3.05) is 11.9 Å². The summed E-state index contributed by atoms with van der Waals surface area (Å²) in [6.07, 6.45) is 0. The van der Waals surface area contributed by atoms with Gasteiger partial charge in [-0.2, -0.15) is 0 Å². The average molecular weight is 439 g/mol. The predicted octanol–water partition coefficient (Wildman–Crippen LogP) is 4.13. The molecule has 0 saturated carbocycles. The van der Waals surface area contributed by atoms with Gasteiger partial charge in [0.25, 0.3) is 5.91 Å². The summed E-state index contributed by atoms with van der Waals surface area (Å²) in [6, 6.07) is 17.5. The number of benzene rings is 3. The summed E-state index contributed by atoms with van der Waals surface area (Å²) in [4.78, 5) is 37.3. The normalized spacial score (nSPS) is 10.9. The molecular weight excluding hydrogens is 423 g/mol. The van der Waals surface area contributed by atoms with E-state index in [0.29, 0.717) is 21.8 Å². The number of amides is 1. The summed E-state index contributed by atoms with van der Waals surface area (Å²) < 4.78 is 19.9. The van der Waals surface area contributed by atoms with E-state index in [2.05, 4.69) is 5.32 Å². The molecule has 31 heavy (non-hydrogen) atoms. The maximum absolute atomic E-state index is 13.1. The van der Waals surface area contributed by atoms with Crippen molar-refractivity contribution in [1.82, 2.24) is 4.57 Å². The Kier molecular flexibility index (Phi) is 5.68. The van der Waals surface area contributed by atoms with Crippen LogP contribution in [0, 0.1) is 5.82 Å². The smallest absolute Gasteiger partial charge is 0.326 e. The first-order chi connectivity index (χ1) is 14.9. The van der Waals surface area contributed by atoms with Crippen LogP contribution in [0.4, 0.5) is 10.1 Å². The third kappa shape index (κ3) is 4.27. The van der Waals surface area contributed by atoms with Crippen molar-refractivity contribution in [1.29, 1.82) is 0 Å². The molecule has 0 atom stereocenters. The Labute approximate surface area is 180 Å². The van der Waals surface area contributed by atoms with Gasteiger partial charge in [-0.15, -0.1) is 0 Å². The number of esters is 1. The summed E-state index contributed by atoms with van der Waals surface area (Å²) in [6.45, 7) is -0.728. The van der Waals surface area contributed by atoms with E-state index in [1.807, 2.05) is 0 Å². The number of aromatic nitrogens is 1. The first kappa shape index (κ1) is 20.6. The van der Waals surface area contributed by atoms with Gasteiger partial charge in [0, 0.05) is 10.8 Å². The largest absolute Gasteiger partial charge is 0.454 e. The van der Waals surface area contributed by atoms with Gasteiger partial charge in [-0.3, -0.25) is 14.4 Å². The van der Waals surface area contributed by atoms with Crippen LogP contribution in [-0.2, 0) is 20.9 Å². The highest BCUT2D eigenvalue weighted by atomic mass is 35.5. The van der Waals surface area contributed by atoms with Crippen molar-refractivity contribution >= 4 is 51.0 Å². The van der Waals surface area contributed by atoms with Crippen LogP contribution >= 0.6 is 11.6 Å². The Hall–Kier alpha value is -3.71. The summed E-state index contributed by atoms with van der Waals surface area (Å²) in [5, 5.41) is 3.46. The number of ether oxygens (including phenoxy) is 1. The second-order valence-corrected chi connectivity index (χ2v) is 7.19. The van der Waals surface area contributed by atoms with E-state index in [0.717, 1.165) is 12.1 Å². The molecule has 156 valence electrons. The first-order valence-corrected chi connectivity index (χ1v) is 9.72. The van der Waals surface area contributed by atoms with Gasteiger partial charge < -0.3 is 14.6 Å². The van der Waals surface area contributed by atoms with Crippen molar-refractivity contribution in [3.8, 4) is 0 Å². The van der Waals surface area contributed by atoms with Gasteiger partial charge in [-0.25, -0.2) is 4.39 Å². The molecule has 1 amide bonds. The number of nitrogens with zero attached hydrogens (tertiary/aromatic N) is 1. The van der Waals surface area contributed by atoms with Crippen LogP contribution in [0.5, 0.6) is 0 Å². The number of anilines is 1. The molecule has 0 saturated heterocycles. The number of rotatable bonds is 5. The zero-order chi connectivity index (χ0) is 22.0. The molecule has 4 aromatic rings. The minimum atomic E-state index is -0.653. The average Bonchev–Trinajstić information content (AvgIpc) is 2.77. The number of fused-ring (bicyclic) bond motifs is 2. The van der Waals surface area contributed by atoms with E-state index >= 15 is 0 Å². The summed E-state index contributed by atoms with van der Waals surface area (Å²) in [7, 11) is 0. The maximum atomic E-state index is 13.1. The van der Waals surface area contributed by atoms with Crippen LogP contribution in [0.25, 0.3) is 21.8 Å². The lowest BCUT2D eigenvalue weighted by Gasteiger charge is -2.14. The van der Waals surface area contributed by atoms with E-state index in [4.69, 9.17) is 16.3 Å². The number of hydrogen-bond donors (Lipinski definition) is 1. The third-order valence-electron chi connectivity index (χ3n) is 4.74. The van der Waals surface area contributed by atoms with Crippen LogP contribution in [0.1, 0.15) is 0 Å². The number of carbonyl (C=O) groups is 2. The number of hydrogen-bond acceptors (Lipinski definition) is 4. The van der Waals surface area contributed by atoms with E-state index in [1.54, 1.807) is 53.1 Å². The third-order valence-corrected chi connectivity index (χ3v) is 5.05. The molecule has 0 bridgehead atoms. The van der Waals surface area contributed by atoms with Crippen molar-refractivity contribution in [2.24, 2.45) is 0 Å². The zero-order valence-electron chi connectivity index (χ0n) is 16.1. The van der Waals surface area contributed by atoms with E-state index < -0.39 is 24.3 Å². The molecule has 0 aliphatic rings. The standard InChI is InChI=1S/C23H16ClFN2O4/c24-17-11-14(25)9-10-18(17)26-21(28)13-31-22(29)12-27-19-7-3-1-5-15(19)23(30)16-6-2-4-8-20(16)27/h1-11H,12-13H2,(H,26,28). The van der Waals surface area contributed by atoms with Gasteiger partial charge in [-0.05, 0) is 42.5 Å². The molecule has 0 unspecified atom stereocenters. The quantitative estimate of drug-likeness (QED) is 0.375. The molecule has 0 radical (unpaired) electrons. The minimum absolute atomic E-state index is 0.0332. The van der Waals surface area contributed by atoms with E-state index in [9.17, 15) is 18.8 Å². The minimum Gasteiger partial charge on any atom is -0.454 e. The molecule has 3 aromatic carbocycles. The number of carbonyl (C=O) groups excluding carboxylic acids is 2. The molecule has 0 aliphatic heterocycles. The highest BCUT2D eigenvalue weighted by Gasteiger charge is 2.15. The molecule has 1 heterocycles. The second-order valence-electron chi connectivity index (χ2n) is 6.78. The predicted molar refractivity (Wildman–Crippen MR) is 117 cm³/mol. The first-order valence-electron chi connectivity index (χ1n) is 9.35. The lowest BCUT2D eigenvalue weighted by Crippen LogP contribution is -2.24. The molecule has 0 spiro atoms.